The number of aryl methyl sites for hydroxylation is 2. The molecule has 21 heavy (non-hydrogen) atoms. The zero-order chi connectivity index (χ0) is 15.1. The number of anilines is 1. The first-order chi connectivity index (χ1) is 10.0. The number of fused-ring (bicyclic) bond motifs is 1. The molecule has 5 nitrogen and oxygen atoms in total. The van der Waals surface area contributed by atoms with Crippen LogP contribution in [0.5, 0.6) is 0 Å². The Morgan fingerprint density at radius 3 is 2.76 bits per heavy atom. The summed E-state index contributed by atoms with van der Waals surface area (Å²) in [6.07, 6.45) is 0. The van der Waals surface area contributed by atoms with Gasteiger partial charge in [-0.2, -0.15) is 4.98 Å². The summed E-state index contributed by atoms with van der Waals surface area (Å²) in [4.78, 5) is 21.9. The topological polar surface area (TPSA) is 73.8 Å². The second-order valence-electron chi connectivity index (χ2n) is 4.62. The smallest absolute Gasteiger partial charge is 0.260 e. The molecule has 0 radical (unpaired) electrons. The first-order valence-electron chi connectivity index (χ1n) is 6.44. The van der Waals surface area contributed by atoms with Gasteiger partial charge in [-0.15, -0.1) is 11.3 Å². The van der Waals surface area contributed by atoms with Crippen LogP contribution in [0.25, 0.3) is 21.5 Å². The van der Waals surface area contributed by atoms with Gasteiger partial charge in [0.1, 0.15) is 5.65 Å². The fraction of sp³-hybridized carbons (Fsp3) is 0.214. The minimum absolute atomic E-state index is 0.0963. The largest absolute Gasteiger partial charge is 0.368 e. The van der Waals surface area contributed by atoms with Crippen LogP contribution < -0.4 is 11.3 Å². The lowest BCUT2D eigenvalue weighted by atomic mass is 10.1. The number of nitrogen functional groups attached to an aromatic ring is 1. The van der Waals surface area contributed by atoms with E-state index in [2.05, 4.69) is 9.97 Å². The number of pyridine rings is 1. The molecule has 0 spiro atoms. The Morgan fingerprint density at radius 1 is 1.38 bits per heavy atom. The molecule has 0 aromatic carbocycles. The van der Waals surface area contributed by atoms with E-state index in [1.54, 1.807) is 10.6 Å². The maximum absolute atomic E-state index is 12.7. The fourth-order valence-corrected chi connectivity index (χ4v) is 3.39. The van der Waals surface area contributed by atoms with E-state index in [0.717, 1.165) is 16.0 Å². The maximum Gasteiger partial charge on any atom is 0.260 e. The van der Waals surface area contributed by atoms with Gasteiger partial charge in [0.25, 0.3) is 5.56 Å². The van der Waals surface area contributed by atoms with E-state index in [1.807, 2.05) is 26.0 Å². The summed E-state index contributed by atoms with van der Waals surface area (Å²) in [5.41, 5.74) is 7.53. The second kappa shape index (κ2) is 5.13. The molecule has 0 aliphatic carbocycles. The molecule has 0 bridgehead atoms. The van der Waals surface area contributed by atoms with E-state index in [0.29, 0.717) is 22.1 Å². The standard InChI is InChI=1S/C14H13ClN4OS/c1-3-19-12-8(7(2)17-14(16)18-12)6-9(13(19)20)10-4-5-11(15)21-10/h4-6H,3H2,1-2H3,(H2,16,17,18). The van der Waals surface area contributed by atoms with Crippen LogP contribution in [0.2, 0.25) is 4.34 Å². The van der Waals surface area contributed by atoms with Crippen LogP contribution in [-0.4, -0.2) is 14.5 Å². The minimum atomic E-state index is -0.0963. The van der Waals surface area contributed by atoms with E-state index in [1.165, 1.54) is 11.3 Å². The van der Waals surface area contributed by atoms with Crippen molar-refractivity contribution in [2.45, 2.75) is 20.4 Å². The Labute approximate surface area is 130 Å². The lowest BCUT2D eigenvalue weighted by molar-refractivity contribution is 0.750. The highest BCUT2D eigenvalue weighted by molar-refractivity contribution is 7.19. The average molecular weight is 321 g/mol. The Balaban J connectivity index is 2.43. The molecule has 108 valence electrons. The van der Waals surface area contributed by atoms with Crippen LogP contribution in [-0.2, 0) is 6.54 Å². The van der Waals surface area contributed by atoms with Crippen molar-refractivity contribution in [2.75, 3.05) is 5.73 Å². The van der Waals surface area contributed by atoms with Gasteiger partial charge in [-0.3, -0.25) is 9.36 Å². The summed E-state index contributed by atoms with van der Waals surface area (Å²) in [7, 11) is 0. The van der Waals surface area contributed by atoms with Crippen molar-refractivity contribution in [1.29, 1.82) is 0 Å². The molecule has 3 aromatic heterocycles. The summed E-state index contributed by atoms with van der Waals surface area (Å²) in [5.74, 6) is 0.175. The molecule has 3 rings (SSSR count). The van der Waals surface area contributed by atoms with Gasteiger partial charge in [0.2, 0.25) is 5.95 Å². The maximum atomic E-state index is 12.7. The quantitative estimate of drug-likeness (QED) is 0.787. The van der Waals surface area contributed by atoms with Crippen molar-refractivity contribution < 1.29 is 0 Å². The van der Waals surface area contributed by atoms with E-state index >= 15 is 0 Å². The molecule has 3 aromatic rings. The van der Waals surface area contributed by atoms with Crippen molar-refractivity contribution in [3.8, 4) is 10.4 Å². The third kappa shape index (κ3) is 2.30. The monoisotopic (exact) mass is 320 g/mol. The SMILES string of the molecule is CCn1c(=O)c(-c2ccc(Cl)s2)cc2c(C)nc(N)nc21. The van der Waals surface area contributed by atoms with Crippen molar-refractivity contribution in [1.82, 2.24) is 14.5 Å². The Bertz CT molecular complexity index is 900. The molecule has 0 saturated heterocycles. The Kier molecular flexibility index (Phi) is 3.43. The first-order valence-corrected chi connectivity index (χ1v) is 7.64. The normalized spacial score (nSPS) is 11.2. The molecule has 0 atom stereocenters. The van der Waals surface area contributed by atoms with Crippen molar-refractivity contribution in [2.24, 2.45) is 0 Å². The van der Waals surface area contributed by atoms with E-state index in [4.69, 9.17) is 17.3 Å². The van der Waals surface area contributed by atoms with Crippen molar-refractivity contribution >= 4 is 39.9 Å². The average Bonchev–Trinajstić information content (AvgIpc) is 2.84. The lowest BCUT2D eigenvalue weighted by Gasteiger charge is -2.11. The third-order valence-corrected chi connectivity index (χ3v) is 4.57. The van der Waals surface area contributed by atoms with Gasteiger partial charge in [0.15, 0.2) is 0 Å². The number of nitrogens with zero attached hydrogens (tertiary/aromatic N) is 3. The van der Waals surface area contributed by atoms with Crippen LogP contribution in [0.15, 0.2) is 23.0 Å². The highest BCUT2D eigenvalue weighted by atomic mass is 35.5. The predicted molar refractivity (Wildman–Crippen MR) is 86.9 cm³/mol. The van der Waals surface area contributed by atoms with Gasteiger partial charge in [-0.25, -0.2) is 4.98 Å². The Morgan fingerprint density at radius 2 is 2.14 bits per heavy atom. The molecule has 0 saturated carbocycles. The summed E-state index contributed by atoms with van der Waals surface area (Å²) in [6.45, 7) is 4.27. The van der Waals surface area contributed by atoms with Gasteiger partial charge < -0.3 is 5.73 Å². The van der Waals surface area contributed by atoms with Crippen LogP contribution in [0.4, 0.5) is 5.95 Å². The molecule has 0 aliphatic heterocycles. The molecular formula is C14H13ClN4OS. The molecule has 0 aliphatic rings. The number of hydrogen-bond acceptors (Lipinski definition) is 5. The number of aromatic nitrogens is 3. The lowest BCUT2D eigenvalue weighted by Crippen LogP contribution is -2.22. The van der Waals surface area contributed by atoms with Gasteiger partial charge in [0.05, 0.1) is 15.6 Å². The molecule has 0 unspecified atom stereocenters. The predicted octanol–water partition coefficient (Wildman–Crippen LogP) is 3.08. The molecule has 0 fully saturated rings. The molecule has 0 amide bonds. The van der Waals surface area contributed by atoms with Crippen LogP contribution in [0.1, 0.15) is 12.6 Å². The van der Waals surface area contributed by atoms with Gasteiger partial charge in [-0.1, -0.05) is 11.6 Å². The van der Waals surface area contributed by atoms with Gasteiger partial charge in [-0.05, 0) is 32.0 Å². The summed E-state index contributed by atoms with van der Waals surface area (Å²) < 4.78 is 2.27. The zero-order valence-corrected chi connectivity index (χ0v) is 13.1. The van der Waals surface area contributed by atoms with Crippen LogP contribution in [0.3, 0.4) is 0 Å². The van der Waals surface area contributed by atoms with Crippen LogP contribution >= 0.6 is 22.9 Å². The van der Waals surface area contributed by atoms with Gasteiger partial charge >= 0.3 is 0 Å². The Hall–Kier alpha value is -1.92. The summed E-state index contributed by atoms with van der Waals surface area (Å²) in [6, 6.07) is 5.46. The molecule has 7 heteroatoms. The summed E-state index contributed by atoms with van der Waals surface area (Å²) >= 11 is 7.35. The van der Waals surface area contributed by atoms with E-state index < -0.39 is 0 Å². The van der Waals surface area contributed by atoms with E-state index in [9.17, 15) is 4.79 Å². The number of rotatable bonds is 2. The molecule has 2 N–H and O–H groups in total. The molecule has 3 heterocycles. The highest BCUT2D eigenvalue weighted by Gasteiger charge is 2.15. The van der Waals surface area contributed by atoms with Crippen LogP contribution in [0, 0.1) is 6.92 Å². The molecular weight excluding hydrogens is 308 g/mol. The van der Waals surface area contributed by atoms with Gasteiger partial charge in [0, 0.05) is 16.8 Å². The number of hydrogen-bond donors (Lipinski definition) is 1. The number of nitrogens with two attached hydrogens (primary N) is 1. The van der Waals surface area contributed by atoms with Crippen molar-refractivity contribution in [3.05, 3.63) is 38.6 Å². The fourth-order valence-electron chi connectivity index (χ4n) is 2.34. The highest BCUT2D eigenvalue weighted by Crippen LogP contribution is 2.30. The van der Waals surface area contributed by atoms with E-state index in [-0.39, 0.29) is 11.5 Å². The number of halogens is 1. The summed E-state index contributed by atoms with van der Waals surface area (Å²) in [5, 5.41) is 0.824. The zero-order valence-electron chi connectivity index (χ0n) is 11.6. The number of thiophene rings is 1. The van der Waals surface area contributed by atoms with Crippen molar-refractivity contribution in [3.63, 3.8) is 0 Å². The minimum Gasteiger partial charge on any atom is -0.368 e. The third-order valence-electron chi connectivity index (χ3n) is 3.31. The first kappa shape index (κ1) is 14.0. The second-order valence-corrected chi connectivity index (χ2v) is 6.33.